The molecule has 0 aliphatic heterocycles. The molecule has 1 aliphatic carbocycles. The third kappa shape index (κ3) is 6.32. The summed E-state index contributed by atoms with van der Waals surface area (Å²) in [6, 6.07) is 16.3. The quantitative estimate of drug-likeness (QED) is 0.450. The van der Waals surface area contributed by atoms with Gasteiger partial charge < -0.3 is 25.2 Å². The summed E-state index contributed by atoms with van der Waals surface area (Å²) < 4.78 is 10.8. The second kappa shape index (κ2) is 11.0. The van der Waals surface area contributed by atoms with Crippen molar-refractivity contribution in [1.29, 1.82) is 0 Å². The molecule has 0 saturated carbocycles. The van der Waals surface area contributed by atoms with Crippen LogP contribution in [0.25, 0.3) is 11.1 Å². The maximum Gasteiger partial charge on any atom is 0.407 e. The van der Waals surface area contributed by atoms with E-state index >= 15 is 0 Å². The molecule has 2 amide bonds. The Hall–Kier alpha value is -3.39. The maximum atomic E-state index is 12.1. The molecule has 33 heavy (non-hydrogen) atoms. The standard InChI is InChI=1S/C25H30N2O6/c1-25(2,23(29)30)16-27-22(28)11-13-32-14-12-26-24(31)33-15-21-19-9-5-3-7-17(19)18-8-4-6-10-20(18)21/h3-10,21H,11-16H2,1-2H3,(H,26,31)(H,27,28)(H,29,30). The van der Waals surface area contributed by atoms with Crippen LogP contribution >= 0.6 is 0 Å². The van der Waals surface area contributed by atoms with E-state index in [-0.39, 0.29) is 51.2 Å². The molecule has 0 saturated heterocycles. The van der Waals surface area contributed by atoms with Crippen LogP contribution in [0, 0.1) is 5.41 Å². The normalized spacial score (nSPS) is 12.5. The van der Waals surface area contributed by atoms with Crippen molar-refractivity contribution in [2.45, 2.75) is 26.2 Å². The van der Waals surface area contributed by atoms with Gasteiger partial charge in [-0.25, -0.2) is 4.79 Å². The number of benzene rings is 2. The van der Waals surface area contributed by atoms with Gasteiger partial charge in [-0.2, -0.15) is 0 Å². The fourth-order valence-electron chi connectivity index (χ4n) is 3.63. The minimum absolute atomic E-state index is 0.00372. The molecule has 2 aromatic rings. The molecule has 176 valence electrons. The Morgan fingerprint density at radius 1 is 0.939 bits per heavy atom. The Kier molecular flexibility index (Phi) is 8.06. The number of hydrogen-bond donors (Lipinski definition) is 3. The molecule has 0 radical (unpaired) electrons. The predicted octanol–water partition coefficient (Wildman–Crippen LogP) is 3.16. The van der Waals surface area contributed by atoms with Crippen LogP contribution in [-0.4, -0.2) is 56.0 Å². The van der Waals surface area contributed by atoms with Crippen LogP contribution in [0.2, 0.25) is 0 Å². The Bertz CT molecular complexity index is 958. The van der Waals surface area contributed by atoms with Gasteiger partial charge in [0, 0.05) is 25.4 Å². The lowest BCUT2D eigenvalue weighted by atomic mass is 9.94. The number of ether oxygens (including phenoxy) is 2. The molecule has 0 fully saturated rings. The molecule has 0 heterocycles. The first-order valence-corrected chi connectivity index (χ1v) is 11.0. The average Bonchev–Trinajstić information content (AvgIpc) is 3.12. The van der Waals surface area contributed by atoms with E-state index in [0.717, 1.165) is 11.1 Å². The number of alkyl carbamates (subject to hydrolysis) is 1. The highest BCUT2D eigenvalue weighted by Gasteiger charge is 2.29. The number of nitrogens with one attached hydrogen (secondary N) is 2. The second-order valence-corrected chi connectivity index (χ2v) is 8.58. The van der Waals surface area contributed by atoms with E-state index in [0.29, 0.717) is 0 Å². The first-order valence-electron chi connectivity index (χ1n) is 11.0. The van der Waals surface area contributed by atoms with Crippen molar-refractivity contribution in [3.8, 4) is 11.1 Å². The van der Waals surface area contributed by atoms with Crippen LogP contribution in [0.3, 0.4) is 0 Å². The van der Waals surface area contributed by atoms with Gasteiger partial charge in [0.25, 0.3) is 0 Å². The molecule has 0 spiro atoms. The average molecular weight is 455 g/mol. The first-order chi connectivity index (χ1) is 15.8. The summed E-state index contributed by atoms with van der Waals surface area (Å²) in [6.45, 7) is 4.04. The minimum atomic E-state index is -1.02. The van der Waals surface area contributed by atoms with Crippen molar-refractivity contribution >= 4 is 18.0 Å². The van der Waals surface area contributed by atoms with Gasteiger partial charge in [0.1, 0.15) is 6.61 Å². The molecule has 0 bridgehead atoms. The van der Waals surface area contributed by atoms with Gasteiger partial charge in [0.05, 0.1) is 18.6 Å². The van der Waals surface area contributed by atoms with E-state index in [1.807, 2.05) is 24.3 Å². The smallest absolute Gasteiger partial charge is 0.407 e. The minimum Gasteiger partial charge on any atom is -0.481 e. The van der Waals surface area contributed by atoms with Crippen LogP contribution in [0.1, 0.15) is 37.3 Å². The number of carboxylic acid groups (broad SMARTS) is 1. The zero-order valence-corrected chi connectivity index (χ0v) is 18.9. The van der Waals surface area contributed by atoms with E-state index in [9.17, 15) is 14.4 Å². The number of carbonyl (C=O) groups is 3. The lowest BCUT2D eigenvalue weighted by molar-refractivity contribution is -0.146. The number of rotatable bonds is 11. The van der Waals surface area contributed by atoms with Gasteiger partial charge in [0.2, 0.25) is 5.91 Å². The van der Waals surface area contributed by atoms with Crippen LogP contribution in [0.4, 0.5) is 4.79 Å². The van der Waals surface area contributed by atoms with E-state index < -0.39 is 17.5 Å². The van der Waals surface area contributed by atoms with Gasteiger partial charge in [0.15, 0.2) is 0 Å². The van der Waals surface area contributed by atoms with E-state index in [1.165, 1.54) is 11.1 Å². The molecule has 0 unspecified atom stereocenters. The molecule has 1 aliphatic rings. The van der Waals surface area contributed by atoms with Crippen LogP contribution in [-0.2, 0) is 19.1 Å². The van der Waals surface area contributed by atoms with E-state index in [4.69, 9.17) is 14.6 Å². The summed E-state index contributed by atoms with van der Waals surface area (Å²) in [5, 5.41) is 14.3. The third-order valence-electron chi connectivity index (χ3n) is 5.64. The predicted molar refractivity (Wildman–Crippen MR) is 123 cm³/mol. The summed E-state index contributed by atoms with van der Waals surface area (Å²) in [6.07, 6.45) is -0.408. The Morgan fingerprint density at radius 2 is 1.55 bits per heavy atom. The molecule has 3 rings (SSSR count). The zero-order chi connectivity index (χ0) is 23.8. The van der Waals surface area contributed by atoms with Gasteiger partial charge in [-0.05, 0) is 36.1 Å². The number of hydrogen-bond acceptors (Lipinski definition) is 5. The Morgan fingerprint density at radius 3 is 2.15 bits per heavy atom. The topological polar surface area (TPSA) is 114 Å². The fraction of sp³-hybridized carbons (Fsp3) is 0.400. The van der Waals surface area contributed by atoms with Gasteiger partial charge in [-0.15, -0.1) is 0 Å². The molecular weight excluding hydrogens is 424 g/mol. The Labute approximate surface area is 193 Å². The molecule has 2 aromatic carbocycles. The van der Waals surface area contributed by atoms with Crippen LogP contribution < -0.4 is 10.6 Å². The number of carboxylic acids is 1. The van der Waals surface area contributed by atoms with Crippen molar-refractivity contribution in [3.05, 3.63) is 59.7 Å². The number of carbonyl (C=O) groups excluding carboxylic acids is 2. The van der Waals surface area contributed by atoms with Crippen molar-refractivity contribution in [2.24, 2.45) is 5.41 Å². The Balaban J connectivity index is 1.32. The van der Waals surface area contributed by atoms with Crippen molar-refractivity contribution in [1.82, 2.24) is 10.6 Å². The number of amides is 2. The monoisotopic (exact) mass is 454 g/mol. The molecular formula is C25H30N2O6. The highest BCUT2D eigenvalue weighted by Crippen LogP contribution is 2.44. The number of aliphatic carboxylic acids is 1. The molecule has 0 atom stereocenters. The highest BCUT2D eigenvalue weighted by molar-refractivity contribution is 5.79. The summed E-state index contributed by atoms with van der Waals surface area (Å²) >= 11 is 0. The van der Waals surface area contributed by atoms with E-state index in [2.05, 4.69) is 34.9 Å². The molecule has 8 heteroatoms. The van der Waals surface area contributed by atoms with Crippen LogP contribution in [0.15, 0.2) is 48.5 Å². The highest BCUT2D eigenvalue weighted by atomic mass is 16.5. The molecule has 0 aromatic heterocycles. The summed E-state index contributed by atoms with van der Waals surface area (Å²) in [7, 11) is 0. The van der Waals surface area contributed by atoms with Gasteiger partial charge in [-0.1, -0.05) is 48.5 Å². The summed E-state index contributed by atoms with van der Waals surface area (Å²) in [5.74, 6) is -1.25. The van der Waals surface area contributed by atoms with Crippen molar-refractivity contribution < 1.29 is 29.0 Å². The summed E-state index contributed by atoms with van der Waals surface area (Å²) in [4.78, 5) is 34.9. The molecule has 3 N–H and O–H groups in total. The third-order valence-corrected chi connectivity index (χ3v) is 5.64. The largest absolute Gasteiger partial charge is 0.481 e. The van der Waals surface area contributed by atoms with E-state index in [1.54, 1.807) is 13.8 Å². The summed E-state index contributed by atoms with van der Waals surface area (Å²) in [5.41, 5.74) is 3.63. The fourth-order valence-corrected chi connectivity index (χ4v) is 3.63. The van der Waals surface area contributed by atoms with Crippen LogP contribution in [0.5, 0.6) is 0 Å². The molecule has 8 nitrogen and oxygen atoms in total. The van der Waals surface area contributed by atoms with Gasteiger partial charge >= 0.3 is 12.1 Å². The lowest BCUT2D eigenvalue weighted by Crippen LogP contribution is -2.39. The van der Waals surface area contributed by atoms with Gasteiger partial charge in [-0.3, -0.25) is 9.59 Å². The maximum absolute atomic E-state index is 12.1. The number of fused-ring (bicyclic) bond motifs is 3. The first kappa shape index (κ1) is 24.3. The van der Waals surface area contributed by atoms with Crippen molar-refractivity contribution in [2.75, 3.05) is 32.9 Å². The van der Waals surface area contributed by atoms with Crippen molar-refractivity contribution in [3.63, 3.8) is 0 Å². The second-order valence-electron chi connectivity index (χ2n) is 8.58. The SMILES string of the molecule is CC(C)(CNC(=O)CCOCCNC(=O)OCC1c2ccccc2-c2ccccc21)C(=O)O. The lowest BCUT2D eigenvalue weighted by Gasteiger charge is -2.19. The zero-order valence-electron chi connectivity index (χ0n) is 18.9.